The van der Waals surface area contributed by atoms with Crippen molar-refractivity contribution >= 4 is 17.1 Å². The highest BCUT2D eigenvalue weighted by Gasteiger charge is 2.14. The average molecular weight is 255 g/mol. The zero-order valence-electron chi connectivity index (χ0n) is 9.93. The predicted octanol–water partition coefficient (Wildman–Crippen LogP) is 3.64. The van der Waals surface area contributed by atoms with Crippen LogP contribution in [0.2, 0.25) is 0 Å². The Bertz CT molecular complexity index is 598. The summed E-state index contributed by atoms with van der Waals surface area (Å²) in [7, 11) is 0. The summed E-state index contributed by atoms with van der Waals surface area (Å²) < 4.78 is 0. The number of rotatable bonds is 3. The van der Waals surface area contributed by atoms with Crippen molar-refractivity contribution in [2.24, 2.45) is 0 Å². The topological polar surface area (TPSA) is 30.0 Å². The summed E-state index contributed by atoms with van der Waals surface area (Å²) in [5.74, 6) is 0.254. The van der Waals surface area contributed by atoms with Crippen molar-refractivity contribution in [3.63, 3.8) is 0 Å². The Morgan fingerprint density at radius 2 is 2.00 bits per heavy atom. The van der Waals surface area contributed by atoms with E-state index in [0.29, 0.717) is 6.42 Å². The molecule has 0 aliphatic heterocycles. The minimum absolute atomic E-state index is 0.254. The summed E-state index contributed by atoms with van der Waals surface area (Å²) in [6.07, 6.45) is 4.18. The predicted molar refractivity (Wildman–Crippen MR) is 73.6 cm³/mol. The number of hydrogen-bond acceptors (Lipinski definition) is 3. The summed E-state index contributed by atoms with van der Waals surface area (Å²) in [5.41, 5.74) is 3.39. The van der Waals surface area contributed by atoms with Gasteiger partial charge in [0.1, 0.15) is 0 Å². The van der Waals surface area contributed by atoms with Gasteiger partial charge in [-0.1, -0.05) is 35.9 Å². The SMILES string of the molecule is O=C1C=C(Cc2nc(-c3ccccc3)cs2)CC1. The highest BCUT2D eigenvalue weighted by Crippen LogP contribution is 2.25. The van der Waals surface area contributed by atoms with Crippen LogP contribution in [0.4, 0.5) is 0 Å². The van der Waals surface area contributed by atoms with E-state index in [1.54, 1.807) is 17.4 Å². The molecular weight excluding hydrogens is 242 g/mol. The third kappa shape index (κ3) is 2.41. The Morgan fingerprint density at radius 3 is 2.72 bits per heavy atom. The summed E-state index contributed by atoms with van der Waals surface area (Å²) in [6, 6.07) is 10.2. The van der Waals surface area contributed by atoms with E-state index in [1.807, 2.05) is 18.2 Å². The zero-order chi connectivity index (χ0) is 12.4. The molecule has 18 heavy (non-hydrogen) atoms. The van der Waals surface area contributed by atoms with Crippen LogP contribution >= 0.6 is 11.3 Å². The molecule has 90 valence electrons. The lowest BCUT2D eigenvalue weighted by molar-refractivity contribution is -0.114. The highest BCUT2D eigenvalue weighted by atomic mass is 32.1. The lowest BCUT2D eigenvalue weighted by atomic mass is 10.1. The van der Waals surface area contributed by atoms with E-state index in [9.17, 15) is 4.79 Å². The number of nitrogens with zero attached hydrogens (tertiary/aromatic N) is 1. The van der Waals surface area contributed by atoms with Crippen LogP contribution in [0.1, 0.15) is 17.8 Å². The van der Waals surface area contributed by atoms with Gasteiger partial charge in [0.05, 0.1) is 10.7 Å². The van der Waals surface area contributed by atoms with Gasteiger partial charge < -0.3 is 0 Å². The zero-order valence-corrected chi connectivity index (χ0v) is 10.7. The lowest BCUT2D eigenvalue weighted by Gasteiger charge is -1.97. The fraction of sp³-hybridized carbons (Fsp3) is 0.200. The average Bonchev–Trinajstić information content (AvgIpc) is 3.01. The van der Waals surface area contributed by atoms with Gasteiger partial charge in [0, 0.05) is 23.8 Å². The molecule has 0 unspecified atom stereocenters. The number of benzene rings is 1. The molecule has 1 heterocycles. The van der Waals surface area contributed by atoms with Crippen molar-refractivity contribution in [3.05, 3.63) is 52.4 Å². The number of ketones is 1. The first-order valence-corrected chi connectivity index (χ1v) is 6.91. The second-order valence-corrected chi connectivity index (χ2v) is 5.38. The van der Waals surface area contributed by atoms with Crippen molar-refractivity contribution in [3.8, 4) is 11.3 Å². The Balaban J connectivity index is 1.78. The molecule has 0 radical (unpaired) electrons. The van der Waals surface area contributed by atoms with Gasteiger partial charge in [0.15, 0.2) is 5.78 Å². The van der Waals surface area contributed by atoms with Crippen LogP contribution in [-0.4, -0.2) is 10.8 Å². The fourth-order valence-corrected chi connectivity index (χ4v) is 2.98. The minimum atomic E-state index is 0.254. The summed E-state index contributed by atoms with van der Waals surface area (Å²) in [5, 5.41) is 3.18. The Hall–Kier alpha value is -1.74. The first-order chi connectivity index (χ1) is 8.81. The standard InChI is InChI=1S/C15H13NOS/c17-13-7-6-11(8-13)9-15-16-14(10-18-15)12-4-2-1-3-5-12/h1-5,8,10H,6-7,9H2. The van der Waals surface area contributed by atoms with E-state index in [0.717, 1.165) is 29.1 Å². The van der Waals surface area contributed by atoms with E-state index >= 15 is 0 Å². The molecule has 2 aromatic rings. The normalized spacial score (nSPS) is 14.9. The number of thiazole rings is 1. The lowest BCUT2D eigenvalue weighted by Crippen LogP contribution is -1.87. The summed E-state index contributed by atoms with van der Waals surface area (Å²) in [6.45, 7) is 0. The third-order valence-corrected chi connectivity index (χ3v) is 3.91. The molecule has 1 aromatic heterocycles. The molecule has 3 rings (SSSR count). The maximum atomic E-state index is 11.2. The van der Waals surface area contributed by atoms with Crippen LogP contribution in [0.5, 0.6) is 0 Å². The van der Waals surface area contributed by atoms with E-state index in [2.05, 4.69) is 22.5 Å². The molecule has 0 atom stereocenters. The van der Waals surface area contributed by atoms with Crippen LogP contribution in [-0.2, 0) is 11.2 Å². The Morgan fingerprint density at radius 1 is 1.17 bits per heavy atom. The first kappa shape index (κ1) is 11.4. The van der Waals surface area contributed by atoms with Crippen LogP contribution in [0, 0.1) is 0 Å². The molecule has 0 saturated heterocycles. The van der Waals surface area contributed by atoms with Crippen LogP contribution in [0.25, 0.3) is 11.3 Å². The van der Waals surface area contributed by atoms with E-state index < -0.39 is 0 Å². The summed E-state index contributed by atoms with van der Waals surface area (Å²) in [4.78, 5) is 15.8. The van der Waals surface area contributed by atoms with Gasteiger partial charge in [-0.15, -0.1) is 11.3 Å². The molecule has 0 amide bonds. The number of carbonyl (C=O) groups is 1. The largest absolute Gasteiger partial charge is 0.295 e. The number of carbonyl (C=O) groups excluding carboxylic acids is 1. The molecule has 0 spiro atoms. The minimum Gasteiger partial charge on any atom is -0.295 e. The second kappa shape index (κ2) is 4.86. The highest BCUT2D eigenvalue weighted by molar-refractivity contribution is 7.10. The molecular formula is C15H13NOS. The first-order valence-electron chi connectivity index (χ1n) is 6.03. The van der Waals surface area contributed by atoms with Gasteiger partial charge in [-0.2, -0.15) is 0 Å². The van der Waals surface area contributed by atoms with Crippen molar-refractivity contribution in [1.82, 2.24) is 4.98 Å². The van der Waals surface area contributed by atoms with Crippen molar-refractivity contribution in [2.45, 2.75) is 19.3 Å². The van der Waals surface area contributed by atoms with Gasteiger partial charge >= 0.3 is 0 Å². The maximum Gasteiger partial charge on any atom is 0.155 e. The van der Waals surface area contributed by atoms with Gasteiger partial charge in [-0.3, -0.25) is 4.79 Å². The molecule has 0 fully saturated rings. The van der Waals surface area contributed by atoms with Crippen molar-refractivity contribution < 1.29 is 4.79 Å². The van der Waals surface area contributed by atoms with Crippen LogP contribution < -0.4 is 0 Å². The van der Waals surface area contributed by atoms with Gasteiger partial charge in [0.25, 0.3) is 0 Å². The smallest absolute Gasteiger partial charge is 0.155 e. The summed E-state index contributed by atoms with van der Waals surface area (Å²) >= 11 is 1.67. The maximum absolute atomic E-state index is 11.2. The molecule has 1 aromatic carbocycles. The molecule has 0 saturated carbocycles. The van der Waals surface area contributed by atoms with Gasteiger partial charge in [-0.25, -0.2) is 4.98 Å². The number of aromatic nitrogens is 1. The van der Waals surface area contributed by atoms with Crippen molar-refractivity contribution in [1.29, 1.82) is 0 Å². The van der Waals surface area contributed by atoms with Crippen molar-refractivity contribution in [2.75, 3.05) is 0 Å². The monoisotopic (exact) mass is 255 g/mol. The number of hydrogen-bond donors (Lipinski definition) is 0. The third-order valence-electron chi connectivity index (χ3n) is 3.06. The van der Waals surface area contributed by atoms with Crippen LogP contribution in [0.15, 0.2) is 47.4 Å². The quantitative estimate of drug-likeness (QED) is 0.838. The van der Waals surface area contributed by atoms with Gasteiger partial charge in [0.2, 0.25) is 0 Å². The Kier molecular flexibility index (Phi) is 3.07. The second-order valence-electron chi connectivity index (χ2n) is 4.44. The Labute approximate surface area is 110 Å². The number of allylic oxidation sites excluding steroid dienone is 2. The molecule has 1 aliphatic rings. The molecule has 2 nitrogen and oxygen atoms in total. The fourth-order valence-electron chi connectivity index (χ4n) is 2.12. The van der Waals surface area contributed by atoms with E-state index in [4.69, 9.17) is 0 Å². The van der Waals surface area contributed by atoms with E-state index in [1.165, 1.54) is 5.57 Å². The molecule has 0 N–H and O–H groups in total. The van der Waals surface area contributed by atoms with Crippen LogP contribution in [0.3, 0.4) is 0 Å². The van der Waals surface area contributed by atoms with Gasteiger partial charge in [-0.05, 0) is 12.5 Å². The molecule has 1 aliphatic carbocycles. The molecule has 0 bridgehead atoms. The molecule has 3 heteroatoms. The van der Waals surface area contributed by atoms with E-state index in [-0.39, 0.29) is 5.78 Å².